The van der Waals surface area contributed by atoms with E-state index in [2.05, 4.69) is 5.10 Å². The van der Waals surface area contributed by atoms with Crippen molar-refractivity contribution in [2.24, 2.45) is 5.92 Å². The van der Waals surface area contributed by atoms with Gasteiger partial charge in [-0.1, -0.05) is 12.1 Å². The Kier molecular flexibility index (Phi) is 5.48. The van der Waals surface area contributed by atoms with Gasteiger partial charge in [-0.2, -0.15) is 5.10 Å². The zero-order chi connectivity index (χ0) is 17.6. The maximum atomic E-state index is 12.6. The van der Waals surface area contributed by atoms with Crippen molar-refractivity contribution in [2.45, 2.75) is 32.1 Å². The van der Waals surface area contributed by atoms with Gasteiger partial charge in [0.25, 0.3) is 0 Å². The van der Waals surface area contributed by atoms with E-state index in [1.165, 1.54) is 0 Å². The maximum Gasteiger partial charge on any atom is 0.303 e. The molecule has 6 nitrogen and oxygen atoms in total. The fourth-order valence-electron chi connectivity index (χ4n) is 3.33. The second-order valence-electron chi connectivity index (χ2n) is 6.57. The van der Waals surface area contributed by atoms with E-state index in [1.807, 2.05) is 41.4 Å². The summed E-state index contributed by atoms with van der Waals surface area (Å²) in [5.41, 5.74) is 1.95. The zero-order valence-corrected chi connectivity index (χ0v) is 14.2. The second-order valence-corrected chi connectivity index (χ2v) is 6.57. The molecule has 132 valence electrons. The lowest BCUT2D eigenvalue weighted by molar-refractivity contribution is -0.137. The molecule has 1 aliphatic rings. The highest BCUT2D eigenvalue weighted by molar-refractivity contribution is 5.79. The molecule has 1 aromatic heterocycles. The van der Waals surface area contributed by atoms with Crippen LogP contribution in [0.3, 0.4) is 0 Å². The molecule has 0 bridgehead atoms. The summed E-state index contributed by atoms with van der Waals surface area (Å²) >= 11 is 0. The van der Waals surface area contributed by atoms with Gasteiger partial charge in [-0.05, 0) is 48.9 Å². The molecule has 0 saturated carbocycles. The van der Waals surface area contributed by atoms with E-state index in [9.17, 15) is 9.59 Å². The molecule has 0 spiro atoms. The number of carboxylic acids is 1. The number of likely N-dealkylation sites (tertiary alicyclic amines) is 1. The first kappa shape index (κ1) is 17.2. The Morgan fingerprint density at radius 2 is 2.04 bits per heavy atom. The van der Waals surface area contributed by atoms with Crippen LogP contribution in [0.5, 0.6) is 0 Å². The summed E-state index contributed by atoms with van der Waals surface area (Å²) in [5, 5.41) is 13.0. The highest BCUT2D eigenvalue weighted by Gasteiger charge is 2.24. The van der Waals surface area contributed by atoms with E-state index < -0.39 is 5.97 Å². The van der Waals surface area contributed by atoms with Crippen LogP contribution in [0, 0.1) is 5.92 Å². The zero-order valence-electron chi connectivity index (χ0n) is 14.2. The minimum Gasteiger partial charge on any atom is -0.481 e. The third-order valence-corrected chi connectivity index (χ3v) is 4.70. The summed E-state index contributed by atoms with van der Waals surface area (Å²) in [6.45, 7) is 1.45. The van der Waals surface area contributed by atoms with Gasteiger partial charge in [0.05, 0.1) is 12.1 Å². The quantitative estimate of drug-likeness (QED) is 0.876. The summed E-state index contributed by atoms with van der Waals surface area (Å²) in [7, 11) is 0. The van der Waals surface area contributed by atoms with Gasteiger partial charge in [0, 0.05) is 31.9 Å². The van der Waals surface area contributed by atoms with E-state index >= 15 is 0 Å². The molecule has 1 atom stereocenters. The first-order valence-corrected chi connectivity index (χ1v) is 8.70. The highest BCUT2D eigenvalue weighted by atomic mass is 16.4. The number of carbonyl (C=O) groups is 2. The Hall–Kier alpha value is -2.63. The smallest absolute Gasteiger partial charge is 0.303 e. The number of amides is 1. The second kappa shape index (κ2) is 7.96. The SMILES string of the molecule is O=C(O)CCC1CCCN(C(=O)Cc2ccc(-n3cccn3)cc2)C1. The number of carbonyl (C=O) groups excluding carboxylic acids is 1. The molecule has 3 rings (SSSR count). The minimum atomic E-state index is -0.763. The molecule has 1 aromatic carbocycles. The molecule has 1 unspecified atom stereocenters. The summed E-state index contributed by atoms with van der Waals surface area (Å²) in [6, 6.07) is 9.71. The van der Waals surface area contributed by atoms with E-state index in [4.69, 9.17) is 5.11 Å². The molecule has 6 heteroatoms. The Balaban J connectivity index is 1.55. The molecule has 0 aliphatic carbocycles. The van der Waals surface area contributed by atoms with Crippen LogP contribution in [0.4, 0.5) is 0 Å². The number of hydrogen-bond donors (Lipinski definition) is 1. The van der Waals surface area contributed by atoms with Crippen molar-refractivity contribution >= 4 is 11.9 Å². The van der Waals surface area contributed by atoms with E-state index in [-0.39, 0.29) is 12.3 Å². The van der Waals surface area contributed by atoms with Crippen LogP contribution in [-0.4, -0.2) is 44.8 Å². The topological polar surface area (TPSA) is 75.4 Å². The van der Waals surface area contributed by atoms with Gasteiger partial charge < -0.3 is 10.0 Å². The lowest BCUT2D eigenvalue weighted by atomic mass is 9.93. The minimum absolute atomic E-state index is 0.117. The standard InChI is InChI=1S/C19H23N3O3/c23-18(21-11-1-3-16(14-21)6-9-19(24)25)13-15-4-7-17(8-5-15)22-12-2-10-20-22/h2,4-5,7-8,10,12,16H,1,3,6,9,11,13-14H2,(H,24,25). The van der Waals surface area contributed by atoms with Crippen molar-refractivity contribution in [1.29, 1.82) is 0 Å². The molecular formula is C19H23N3O3. The Labute approximate surface area is 147 Å². The van der Waals surface area contributed by atoms with Gasteiger partial charge in [0.15, 0.2) is 0 Å². The largest absolute Gasteiger partial charge is 0.481 e. The van der Waals surface area contributed by atoms with Gasteiger partial charge in [-0.3, -0.25) is 9.59 Å². The molecule has 1 N–H and O–H groups in total. The summed E-state index contributed by atoms with van der Waals surface area (Å²) in [5.74, 6) is -0.344. The number of aliphatic carboxylic acids is 1. The van der Waals surface area contributed by atoms with Crippen LogP contribution in [0.25, 0.3) is 5.69 Å². The third kappa shape index (κ3) is 4.68. The summed E-state index contributed by atoms with van der Waals surface area (Å²) in [6.07, 6.45) is 6.79. The monoisotopic (exact) mass is 341 g/mol. The van der Waals surface area contributed by atoms with Crippen LogP contribution >= 0.6 is 0 Å². The van der Waals surface area contributed by atoms with Crippen LogP contribution in [0.2, 0.25) is 0 Å². The van der Waals surface area contributed by atoms with Crippen molar-refractivity contribution in [3.8, 4) is 5.69 Å². The number of rotatable bonds is 6. The molecule has 1 fully saturated rings. The van der Waals surface area contributed by atoms with E-state index in [0.29, 0.717) is 25.3 Å². The molecule has 1 aliphatic heterocycles. The van der Waals surface area contributed by atoms with Crippen LogP contribution in [0.15, 0.2) is 42.7 Å². The fraction of sp³-hybridized carbons (Fsp3) is 0.421. The molecule has 1 amide bonds. The van der Waals surface area contributed by atoms with E-state index in [0.717, 1.165) is 30.6 Å². The lowest BCUT2D eigenvalue weighted by Gasteiger charge is -2.32. The van der Waals surface area contributed by atoms with Gasteiger partial charge in [-0.15, -0.1) is 0 Å². The van der Waals surface area contributed by atoms with Gasteiger partial charge in [0.2, 0.25) is 5.91 Å². The number of piperidine rings is 1. The fourth-order valence-corrected chi connectivity index (χ4v) is 3.33. The van der Waals surface area contributed by atoms with Crippen molar-refractivity contribution < 1.29 is 14.7 Å². The van der Waals surface area contributed by atoms with Crippen LogP contribution < -0.4 is 0 Å². The average Bonchev–Trinajstić information content (AvgIpc) is 3.15. The summed E-state index contributed by atoms with van der Waals surface area (Å²) in [4.78, 5) is 25.2. The molecule has 2 aromatic rings. The van der Waals surface area contributed by atoms with Crippen LogP contribution in [0.1, 0.15) is 31.2 Å². The molecule has 1 saturated heterocycles. The van der Waals surface area contributed by atoms with Gasteiger partial charge in [0.1, 0.15) is 0 Å². The number of hydrogen-bond acceptors (Lipinski definition) is 3. The van der Waals surface area contributed by atoms with E-state index in [1.54, 1.807) is 10.9 Å². The molecule has 0 radical (unpaired) electrons. The van der Waals surface area contributed by atoms with Crippen molar-refractivity contribution in [3.63, 3.8) is 0 Å². The van der Waals surface area contributed by atoms with Crippen molar-refractivity contribution in [1.82, 2.24) is 14.7 Å². The molecular weight excluding hydrogens is 318 g/mol. The Bertz CT molecular complexity index is 710. The van der Waals surface area contributed by atoms with Gasteiger partial charge >= 0.3 is 5.97 Å². The Morgan fingerprint density at radius 1 is 1.24 bits per heavy atom. The summed E-state index contributed by atoms with van der Waals surface area (Å²) < 4.78 is 1.78. The van der Waals surface area contributed by atoms with Crippen molar-refractivity contribution in [3.05, 3.63) is 48.3 Å². The maximum absolute atomic E-state index is 12.6. The highest BCUT2D eigenvalue weighted by Crippen LogP contribution is 2.22. The number of carboxylic acid groups (broad SMARTS) is 1. The molecule has 2 heterocycles. The predicted molar refractivity (Wildman–Crippen MR) is 93.4 cm³/mol. The van der Waals surface area contributed by atoms with Crippen LogP contribution in [-0.2, 0) is 16.0 Å². The first-order valence-electron chi connectivity index (χ1n) is 8.70. The Morgan fingerprint density at radius 3 is 2.72 bits per heavy atom. The third-order valence-electron chi connectivity index (χ3n) is 4.70. The number of nitrogens with zero attached hydrogens (tertiary/aromatic N) is 3. The number of aromatic nitrogens is 2. The van der Waals surface area contributed by atoms with Crippen molar-refractivity contribution in [2.75, 3.05) is 13.1 Å². The normalized spacial score (nSPS) is 17.4. The first-order chi connectivity index (χ1) is 12.1. The number of benzene rings is 1. The average molecular weight is 341 g/mol. The lowest BCUT2D eigenvalue weighted by Crippen LogP contribution is -2.40. The van der Waals surface area contributed by atoms with Gasteiger partial charge in [-0.25, -0.2) is 4.68 Å². The molecule has 25 heavy (non-hydrogen) atoms. The predicted octanol–water partition coefficient (Wildman–Crippen LogP) is 2.52.